The Bertz CT molecular complexity index is 1070. The van der Waals surface area contributed by atoms with Crippen LogP contribution in [0, 0.1) is 23.6 Å². The number of benzene rings is 2. The standard InChI is InChI=1S/C23H22FN3O3/c1-12(2)19-17-18(23(26-19)15-5-3-4-6-16(15)25-22(23)30)21(29)27(20(17)28)11-13-7-9-14(24)10-8-13/h3-10,12,17-19,26H,11H2,1-2H3,(H,25,30)/p+1/t17-,18+,19+,23+/m0/s1. The zero-order chi connectivity index (χ0) is 21.2. The number of fused-ring (bicyclic) bond motifs is 4. The molecule has 2 fully saturated rings. The molecule has 0 radical (unpaired) electrons. The predicted octanol–water partition coefficient (Wildman–Crippen LogP) is 1.38. The fourth-order valence-electron chi connectivity index (χ4n) is 5.44. The molecule has 3 aliphatic rings. The average molecular weight is 408 g/mol. The number of nitrogens with zero attached hydrogens (tertiary/aromatic N) is 1. The fraction of sp³-hybridized carbons (Fsp3) is 0.348. The second-order valence-corrected chi connectivity index (χ2v) is 8.75. The fourth-order valence-corrected chi connectivity index (χ4v) is 5.44. The van der Waals surface area contributed by atoms with Crippen molar-refractivity contribution in [1.29, 1.82) is 0 Å². The molecular formula is C23H23FN3O3+. The van der Waals surface area contributed by atoms with Gasteiger partial charge in [0.1, 0.15) is 23.7 Å². The molecule has 6 nitrogen and oxygen atoms in total. The lowest BCUT2D eigenvalue weighted by Gasteiger charge is -2.27. The van der Waals surface area contributed by atoms with Gasteiger partial charge in [-0.15, -0.1) is 0 Å². The number of anilines is 1. The van der Waals surface area contributed by atoms with E-state index in [4.69, 9.17) is 0 Å². The molecule has 0 saturated carbocycles. The van der Waals surface area contributed by atoms with Gasteiger partial charge in [0.2, 0.25) is 17.4 Å². The number of quaternary nitrogens is 1. The number of nitrogens with two attached hydrogens (primary N) is 1. The number of imide groups is 1. The van der Waals surface area contributed by atoms with Gasteiger partial charge in [0.15, 0.2) is 0 Å². The van der Waals surface area contributed by atoms with Gasteiger partial charge in [-0.1, -0.05) is 44.2 Å². The molecule has 154 valence electrons. The molecule has 7 heteroatoms. The number of nitrogens with one attached hydrogen (secondary N) is 1. The van der Waals surface area contributed by atoms with Crippen LogP contribution in [0.5, 0.6) is 0 Å². The molecule has 1 spiro atoms. The summed E-state index contributed by atoms with van der Waals surface area (Å²) in [5.74, 6) is -2.44. The molecular weight excluding hydrogens is 385 g/mol. The van der Waals surface area contributed by atoms with Crippen molar-refractivity contribution < 1.29 is 24.1 Å². The van der Waals surface area contributed by atoms with Crippen molar-refractivity contribution in [3.05, 3.63) is 65.5 Å². The van der Waals surface area contributed by atoms with Gasteiger partial charge >= 0.3 is 0 Å². The first-order chi connectivity index (χ1) is 14.3. The summed E-state index contributed by atoms with van der Waals surface area (Å²) in [6, 6.07) is 13.0. The van der Waals surface area contributed by atoms with E-state index in [1.54, 1.807) is 12.1 Å². The van der Waals surface area contributed by atoms with Gasteiger partial charge in [0.05, 0.1) is 12.2 Å². The monoisotopic (exact) mass is 408 g/mol. The highest BCUT2D eigenvalue weighted by molar-refractivity contribution is 6.13. The largest absolute Gasteiger partial charge is 0.326 e. The highest BCUT2D eigenvalue weighted by Crippen LogP contribution is 2.50. The summed E-state index contributed by atoms with van der Waals surface area (Å²) in [7, 11) is 0. The van der Waals surface area contributed by atoms with Crippen molar-refractivity contribution in [2.45, 2.75) is 32.0 Å². The maximum absolute atomic E-state index is 13.6. The number of hydrogen-bond acceptors (Lipinski definition) is 3. The molecule has 2 aromatic carbocycles. The summed E-state index contributed by atoms with van der Waals surface area (Å²) in [4.78, 5) is 41.5. The minimum Gasteiger partial charge on any atom is -0.326 e. The van der Waals surface area contributed by atoms with E-state index >= 15 is 0 Å². The third kappa shape index (κ3) is 2.41. The van der Waals surface area contributed by atoms with Gasteiger partial charge in [-0.25, -0.2) is 4.39 Å². The Labute approximate surface area is 173 Å². The van der Waals surface area contributed by atoms with E-state index in [9.17, 15) is 18.8 Å². The number of para-hydroxylation sites is 1. The van der Waals surface area contributed by atoms with E-state index in [0.29, 0.717) is 11.3 Å². The second-order valence-electron chi connectivity index (χ2n) is 8.75. The van der Waals surface area contributed by atoms with Gasteiger partial charge in [-0.2, -0.15) is 0 Å². The van der Waals surface area contributed by atoms with Gasteiger partial charge in [-0.05, 0) is 23.8 Å². The van der Waals surface area contributed by atoms with Crippen LogP contribution in [-0.2, 0) is 26.5 Å². The van der Waals surface area contributed by atoms with Crippen LogP contribution >= 0.6 is 0 Å². The lowest BCUT2D eigenvalue weighted by atomic mass is 9.76. The topological polar surface area (TPSA) is 83.1 Å². The maximum Gasteiger partial charge on any atom is 0.291 e. The quantitative estimate of drug-likeness (QED) is 0.753. The molecule has 0 unspecified atom stereocenters. The van der Waals surface area contributed by atoms with Gasteiger partial charge in [0, 0.05) is 11.5 Å². The molecule has 30 heavy (non-hydrogen) atoms. The lowest BCUT2D eigenvalue weighted by Crippen LogP contribution is -2.99. The van der Waals surface area contributed by atoms with Crippen molar-refractivity contribution in [2.24, 2.45) is 17.8 Å². The Hall–Kier alpha value is -3.06. The Morgan fingerprint density at radius 3 is 2.47 bits per heavy atom. The Morgan fingerprint density at radius 2 is 1.77 bits per heavy atom. The lowest BCUT2D eigenvalue weighted by molar-refractivity contribution is -0.738. The second kappa shape index (κ2) is 6.47. The Balaban J connectivity index is 1.59. The van der Waals surface area contributed by atoms with Crippen LogP contribution in [0.1, 0.15) is 25.0 Å². The van der Waals surface area contributed by atoms with Crippen LogP contribution in [0.3, 0.4) is 0 Å². The van der Waals surface area contributed by atoms with Gasteiger partial charge < -0.3 is 10.6 Å². The maximum atomic E-state index is 13.6. The molecule has 3 amide bonds. The van der Waals surface area contributed by atoms with Crippen LogP contribution in [0.2, 0.25) is 0 Å². The van der Waals surface area contributed by atoms with Crippen molar-refractivity contribution in [2.75, 3.05) is 5.32 Å². The molecule has 2 aromatic rings. The van der Waals surface area contributed by atoms with Crippen molar-refractivity contribution in [3.8, 4) is 0 Å². The van der Waals surface area contributed by atoms with Crippen LogP contribution in [-0.4, -0.2) is 28.7 Å². The third-order valence-electron chi connectivity index (χ3n) is 6.82. The number of carbonyl (C=O) groups is 3. The van der Waals surface area contributed by atoms with E-state index in [0.717, 1.165) is 5.56 Å². The Kier molecular flexibility index (Phi) is 4.08. The van der Waals surface area contributed by atoms with Gasteiger partial charge in [0.25, 0.3) is 5.91 Å². The van der Waals surface area contributed by atoms with Gasteiger partial charge in [-0.3, -0.25) is 19.3 Å². The van der Waals surface area contributed by atoms with E-state index in [-0.39, 0.29) is 42.0 Å². The first-order valence-corrected chi connectivity index (χ1v) is 10.2. The Morgan fingerprint density at radius 1 is 1.07 bits per heavy atom. The molecule has 3 aliphatic heterocycles. The summed E-state index contributed by atoms with van der Waals surface area (Å²) in [6.45, 7) is 4.10. The number of halogens is 1. The minimum absolute atomic E-state index is 0.0785. The highest BCUT2D eigenvalue weighted by Gasteiger charge is 2.74. The average Bonchev–Trinajstić information content (AvgIpc) is 3.31. The highest BCUT2D eigenvalue weighted by atomic mass is 19.1. The number of amides is 3. The number of hydrogen-bond donors (Lipinski definition) is 2. The van der Waals surface area contributed by atoms with Crippen molar-refractivity contribution in [1.82, 2.24) is 4.90 Å². The van der Waals surface area contributed by atoms with E-state index < -0.39 is 17.4 Å². The zero-order valence-electron chi connectivity index (χ0n) is 16.8. The van der Waals surface area contributed by atoms with Crippen molar-refractivity contribution >= 4 is 23.4 Å². The molecule has 0 aromatic heterocycles. The zero-order valence-corrected chi connectivity index (χ0v) is 16.8. The summed E-state index contributed by atoms with van der Waals surface area (Å²) < 4.78 is 13.3. The summed E-state index contributed by atoms with van der Waals surface area (Å²) in [6.07, 6.45) is 0. The smallest absolute Gasteiger partial charge is 0.291 e. The third-order valence-corrected chi connectivity index (χ3v) is 6.82. The van der Waals surface area contributed by atoms with Crippen LogP contribution < -0.4 is 10.6 Å². The summed E-state index contributed by atoms with van der Waals surface area (Å²) in [5.41, 5.74) is 0.992. The molecule has 5 rings (SSSR count). The predicted molar refractivity (Wildman–Crippen MR) is 106 cm³/mol. The number of rotatable bonds is 3. The minimum atomic E-state index is -1.14. The first-order valence-electron chi connectivity index (χ1n) is 10.2. The number of likely N-dealkylation sites (tertiary alicyclic amines) is 1. The van der Waals surface area contributed by atoms with Crippen LogP contribution in [0.25, 0.3) is 0 Å². The van der Waals surface area contributed by atoms with Crippen LogP contribution in [0.15, 0.2) is 48.5 Å². The van der Waals surface area contributed by atoms with E-state index in [1.165, 1.54) is 17.0 Å². The molecule has 2 saturated heterocycles. The van der Waals surface area contributed by atoms with E-state index in [2.05, 4.69) is 5.32 Å². The molecule has 0 aliphatic carbocycles. The molecule has 3 N–H and O–H groups in total. The molecule has 3 heterocycles. The van der Waals surface area contributed by atoms with E-state index in [1.807, 2.05) is 43.4 Å². The molecule has 4 atom stereocenters. The summed E-state index contributed by atoms with van der Waals surface area (Å²) in [5, 5.41) is 4.86. The first kappa shape index (κ1) is 18.9. The van der Waals surface area contributed by atoms with Crippen LogP contribution in [0.4, 0.5) is 10.1 Å². The normalized spacial score (nSPS) is 29.7. The van der Waals surface area contributed by atoms with Crippen molar-refractivity contribution in [3.63, 3.8) is 0 Å². The summed E-state index contributed by atoms with van der Waals surface area (Å²) >= 11 is 0. The molecule has 0 bridgehead atoms. The SMILES string of the molecule is CC(C)[C@H]1[NH2+][C@@]2(C(=O)Nc3ccccc32)[C@H]2C(=O)N(Cc3ccc(F)cc3)C(=O)[C@H]12. The number of carbonyl (C=O) groups excluding carboxylic acids is 3.